The van der Waals surface area contributed by atoms with E-state index in [2.05, 4.69) is 30.7 Å². The first-order valence-electron chi connectivity index (χ1n) is 9.27. The summed E-state index contributed by atoms with van der Waals surface area (Å²) in [5, 5.41) is 9.56. The van der Waals surface area contributed by atoms with E-state index < -0.39 is 11.9 Å². The van der Waals surface area contributed by atoms with Gasteiger partial charge in [-0.05, 0) is 31.2 Å². The number of nitrogens with one attached hydrogen (secondary N) is 2. The van der Waals surface area contributed by atoms with Crippen LogP contribution >= 0.6 is 0 Å². The van der Waals surface area contributed by atoms with Crippen molar-refractivity contribution in [1.29, 1.82) is 0 Å². The Morgan fingerprint density at radius 1 is 1.09 bits per heavy atom. The van der Waals surface area contributed by atoms with Crippen molar-refractivity contribution in [2.75, 3.05) is 12.4 Å². The molecule has 0 aliphatic heterocycles. The number of anilines is 2. The fraction of sp³-hybridized carbons (Fsp3) is 0.150. The minimum Gasteiger partial charge on any atom is -0.457 e. The summed E-state index contributed by atoms with van der Waals surface area (Å²) in [7, 11) is 1.50. The van der Waals surface area contributed by atoms with Crippen molar-refractivity contribution < 1.29 is 22.7 Å². The minimum atomic E-state index is -4.58. The molecular weight excluding hydrogens is 427 g/mol. The molecule has 1 amide bonds. The number of alkyl halides is 3. The van der Waals surface area contributed by atoms with Crippen LogP contribution in [0.3, 0.4) is 0 Å². The number of carbonyl (C=O) groups excluding carboxylic acids is 1. The van der Waals surface area contributed by atoms with Crippen molar-refractivity contribution in [3.8, 4) is 11.5 Å². The maximum atomic E-state index is 13.0. The lowest BCUT2D eigenvalue weighted by Crippen LogP contribution is -2.18. The maximum Gasteiger partial charge on any atom is 0.433 e. The van der Waals surface area contributed by atoms with Crippen LogP contribution in [-0.4, -0.2) is 37.5 Å². The standard InChI is InChI=1S/C20H16F3N7O2/c1-11-8-16(20(21,22)23)27-19-28-18(29-30(11)19)26-12-4-3-5-13(9-12)32-14-6-7-25-15(10-14)17(31)24-2/h3-10H,1-2H3,(H,24,31)(H,26,29). The number of halogens is 3. The number of aromatic nitrogens is 5. The second kappa shape index (κ2) is 8.13. The summed E-state index contributed by atoms with van der Waals surface area (Å²) in [6, 6.07) is 10.8. The molecule has 0 saturated carbocycles. The van der Waals surface area contributed by atoms with E-state index in [1.54, 1.807) is 30.3 Å². The average Bonchev–Trinajstić information content (AvgIpc) is 3.16. The van der Waals surface area contributed by atoms with E-state index in [0.29, 0.717) is 17.2 Å². The van der Waals surface area contributed by atoms with Gasteiger partial charge in [0.2, 0.25) is 5.95 Å². The minimum absolute atomic E-state index is 0.0721. The van der Waals surface area contributed by atoms with Gasteiger partial charge in [0.05, 0.1) is 0 Å². The first kappa shape index (κ1) is 21.0. The highest BCUT2D eigenvalue weighted by Gasteiger charge is 2.33. The van der Waals surface area contributed by atoms with Gasteiger partial charge < -0.3 is 15.4 Å². The van der Waals surface area contributed by atoms with E-state index in [0.717, 1.165) is 6.07 Å². The Morgan fingerprint density at radius 3 is 2.62 bits per heavy atom. The van der Waals surface area contributed by atoms with E-state index in [4.69, 9.17) is 4.74 Å². The smallest absolute Gasteiger partial charge is 0.433 e. The van der Waals surface area contributed by atoms with Crippen LogP contribution in [0.1, 0.15) is 21.9 Å². The molecule has 0 bridgehead atoms. The summed E-state index contributed by atoms with van der Waals surface area (Å²) < 4.78 is 46.0. The fourth-order valence-electron chi connectivity index (χ4n) is 2.84. The van der Waals surface area contributed by atoms with Crippen LogP contribution in [0.2, 0.25) is 0 Å². The highest BCUT2D eigenvalue weighted by molar-refractivity contribution is 5.92. The Labute approximate surface area is 179 Å². The topological polar surface area (TPSA) is 106 Å². The predicted molar refractivity (Wildman–Crippen MR) is 108 cm³/mol. The molecule has 0 unspecified atom stereocenters. The monoisotopic (exact) mass is 443 g/mol. The quantitative estimate of drug-likeness (QED) is 0.484. The Balaban J connectivity index is 1.56. The molecular formula is C20H16F3N7O2. The van der Waals surface area contributed by atoms with Gasteiger partial charge in [0.25, 0.3) is 11.7 Å². The van der Waals surface area contributed by atoms with Crippen molar-refractivity contribution in [3.63, 3.8) is 0 Å². The van der Waals surface area contributed by atoms with Crippen molar-refractivity contribution in [1.82, 2.24) is 29.9 Å². The largest absolute Gasteiger partial charge is 0.457 e. The molecule has 0 spiro atoms. The molecule has 0 fully saturated rings. The van der Waals surface area contributed by atoms with Crippen LogP contribution in [-0.2, 0) is 6.18 Å². The van der Waals surface area contributed by atoms with Crippen LogP contribution in [0.5, 0.6) is 11.5 Å². The van der Waals surface area contributed by atoms with Crippen LogP contribution < -0.4 is 15.4 Å². The third-order valence-corrected chi connectivity index (χ3v) is 4.30. The molecule has 9 nitrogen and oxygen atoms in total. The average molecular weight is 443 g/mol. The summed E-state index contributed by atoms with van der Waals surface area (Å²) in [4.78, 5) is 23.3. The van der Waals surface area contributed by atoms with Gasteiger partial charge >= 0.3 is 6.18 Å². The molecule has 1 aromatic carbocycles. The van der Waals surface area contributed by atoms with Crippen molar-refractivity contribution >= 4 is 23.3 Å². The van der Waals surface area contributed by atoms with E-state index in [-0.39, 0.29) is 29.0 Å². The van der Waals surface area contributed by atoms with Gasteiger partial charge in [0.1, 0.15) is 22.9 Å². The van der Waals surface area contributed by atoms with E-state index in [1.807, 2.05) is 0 Å². The van der Waals surface area contributed by atoms with Gasteiger partial charge in [-0.15, -0.1) is 5.10 Å². The van der Waals surface area contributed by atoms with E-state index >= 15 is 0 Å². The van der Waals surface area contributed by atoms with Crippen molar-refractivity contribution in [3.05, 3.63) is 65.7 Å². The van der Waals surface area contributed by atoms with Crippen LogP contribution in [0.15, 0.2) is 48.7 Å². The number of benzene rings is 1. The van der Waals surface area contributed by atoms with Crippen molar-refractivity contribution in [2.24, 2.45) is 0 Å². The van der Waals surface area contributed by atoms with Crippen molar-refractivity contribution in [2.45, 2.75) is 13.1 Å². The normalized spacial score (nSPS) is 11.4. The van der Waals surface area contributed by atoms with Gasteiger partial charge in [0.15, 0.2) is 0 Å². The first-order valence-corrected chi connectivity index (χ1v) is 9.27. The number of aryl methyl sites for hydroxylation is 1. The number of amides is 1. The third kappa shape index (κ3) is 4.43. The molecule has 4 aromatic rings. The predicted octanol–water partition coefficient (Wildman–Crippen LogP) is 3.74. The summed E-state index contributed by atoms with van der Waals surface area (Å²) >= 11 is 0. The summed E-state index contributed by atoms with van der Waals surface area (Å²) in [5.41, 5.74) is -0.0585. The molecule has 0 aliphatic carbocycles. The molecule has 4 rings (SSSR count). The highest BCUT2D eigenvalue weighted by Crippen LogP contribution is 2.29. The lowest BCUT2D eigenvalue weighted by molar-refractivity contribution is -0.141. The zero-order valence-corrected chi connectivity index (χ0v) is 16.8. The van der Waals surface area contributed by atoms with Gasteiger partial charge in [0, 0.05) is 36.8 Å². The van der Waals surface area contributed by atoms with Gasteiger partial charge in [-0.1, -0.05) is 6.07 Å². The Bertz CT molecular complexity index is 1300. The lowest BCUT2D eigenvalue weighted by atomic mass is 10.3. The number of rotatable bonds is 5. The van der Waals surface area contributed by atoms with Gasteiger partial charge in [-0.25, -0.2) is 4.98 Å². The molecule has 2 N–H and O–H groups in total. The maximum absolute atomic E-state index is 13.0. The zero-order valence-electron chi connectivity index (χ0n) is 16.8. The molecule has 164 valence electrons. The molecule has 0 atom stereocenters. The second-order valence-corrected chi connectivity index (χ2v) is 6.64. The number of nitrogens with zero attached hydrogens (tertiary/aromatic N) is 5. The Kier molecular flexibility index (Phi) is 5.34. The zero-order chi connectivity index (χ0) is 22.9. The van der Waals surface area contributed by atoms with Crippen LogP contribution in [0, 0.1) is 6.92 Å². The highest BCUT2D eigenvalue weighted by atomic mass is 19.4. The fourth-order valence-corrected chi connectivity index (χ4v) is 2.84. The Morgan fingerprint density at radius 2 is 1.88 bits per heavy atom. The summed E-state index contributed by atoms with van der Waals surface area (Å²) in [6.45, 7) is 1.48. The molecule has 3 aromatic heterocycles. The second-order valence-electron chi connectivity index (χ2n) is 6.64. The molecule has 3 heterocycles. The SMILES string of the molecule is CNC(=O)c1cc(Oc2cccc(Nc3nc4nc(C(F)(F)F)cc(C)n4n3)c2)ccn1. The first-order chi connectivity index (χ1) is 15.2. The lowest BCUT2D eigenvalue weighted by Gasteiger charge is -2.08. The molecule has 12 heteroatoms. The summed E-state index contributed by atoms with van der Waals surface area (Å²) in [6.07, 6.45) is -3.13. The van der Waals surface area contributed by atoms with Crippen LogP contribution in [0.25, 0.3) is 5.78 Å². The van der Waals surface area contributed by atoms with E-state index in [1.165, 1.54) is 30.8 Å². The molecule has 0 saturated heterocycles. The molecule has 0 aliphatic rings. The van der Waals surface area contributed by atoms with Crippen LogP contribution in [0.4, 0.5) is 24.8 Å². The van der Waals surface area contributed by atoms with Gasteiger partial charge in [-0.3, -0.25) is 9.78 Å². The number of pyridine rings is 1. The Hall–Kier alpha value is -4.22. The number of fused-ring (bicyclic) bond motifs is 1. The summed E-state index contributed by atoms with van der Waals surface area (Å²) in [5.74, 6) is 0.401. The third-order valence-electron chi connectivity index (χ3n) is 4.30. The molecule has 32 heavy (non-hydrogen) atoms. The molecule has 0 radical (unpaired) electrons. The van der Waals surface area contributed by atoms with Gasteiger partial charge in [-0.2, -0.15) is 22.7 Å². The number of hydrogen-bond donors (Lipinski definition) is 2. The number of ether oxygens (including phenoxy) is 1. The number of hydrogen-bond acceptors (Lipinski definition) is 7. The number of carbonyl (C=O) groups is 1. The van der Waals surface area contributed by atoms with E-state index in [9.17, 15) is 18.0 Å².